The number of carbonyl (C=O) groups is 4. The molecule has 0 aromatic rings. The first-order valence-electron chi connectivity index (χ1n) is 26.2. The number of nitrogens with zero attached hydrogens (tertiary/aromatic N) is 3. The molecule has 370 valence electrons. The van der Waals surface area contributed by atoms with Crippen molar-refractivity contribution in [2.45, 2.75) is 227 Å². The van der Waals surface area contributed by atoms with Gasteiger partial charge in [-0.15, -0.1) is 0 Å². The maximum atomic E-state index is 13.3. The van der Waals surface area contributed by atoms with E-state index in [1.54, 1.807) is 14.2 Å². The van der Waals surface area contributed by atoms with Crippen LogP contribution in [0.25, 0.3) is 0 Å². The second-order valence-corrected chi connectivity index (χ2v) is 17.3. The van der Waals surface area contributed by atoms with Crippen molar-refractivity contribution < 1.29 is 28.7 Å². The second-order valence-electron chi connectivity index (χ2n) is 17.3. The van der Waals surface area contributed by atoms with Crippen LogP contribution in [0.3, 0.4) is 0 Å². The molecule has 10 nitrogen and oxygen atoms in total. The van der Waals surface area contributed by atoms with Gasteiger partial charge in [-0.1, -0.05) is 150 Å². The zero-order chi connectivity index (χ0) is 46.3. The summed E-state index contributed by atoms with van der Waals surface area (Å²) in [6.07, 6.45) is 38.8. The third-order valence-electron chi connectivity index (χ3n) is 11.4. The van der Waals surface area contributed by atoms with Crippen molar-refractivity contribution in [3.05, 3.63) is 0 Å². The minimum absolute atomic E-state index is 0.174. The number of hydrogen-bond donors (Lipinski definition) is 1. The number of unbranched alkanes of at least 4 members (excludes halogenated alkanes) is 22. The molecule has 0 aliphatic rings. The van der Waals surface area contributed by atoms with Gasteiger partial charge >= 0.3 is 0 Å². The van der Waals surface area contributed by atoms with E-state index < -0.39 is 0 Å². The Bertz CT molecular complexity index is 864. The SMILES string of the molecule is CCCCCCCCCCN(CCCC=O)CCCCCN(CCNC=O)C(=O)CCCN(CCCC=O)CCCCCCCCCC.CCCCCOC.CCCCCOC. The normalized spacial score (nSPS) is 10.9. The second kappa shape index (κ2) is 59.1. The number of carbonyl (C=O) groups excluding carboxylic acids is 4. The smallest absolute Gasteiger partial charge is 0.222 e. The van der Waals surface area contributed by atoms with E-state index >= 15 is 0 Å². The van der Waals surface area contributed by atoms with Crippen molar-refractivity contribution >= 4 is 24.9 Å². The van der Waals surface area contributed by atoms with Crippen LogP contribution in [0.15, 0.2) is 0 Å². The van der Waals surface area contributed by atoms with Gasteiger partial charge in [0.05, 0.1) is 0 Å². The predicted molar refractivity (Wildman–Crippen MR) is 265 cm³/mol. The number of ether oxygens (including phenoxy) is 2. The Morgan fingerprint density at radius 2 is 0.758 bits per heavy atom. The van der Waals surface area contributed by atoms with Crippen molar-refractivity contribution in [1.29, 1.82) is 0 Å². The fourth-order valence-corrected chi connectivity index (χ4v) is 7.45. The quantitative estimate of drug-likeness (QED) is 0.0475. The molecule has 1 N–H and O–H groups in total. The van der Waals surface area contributed by atoms with Gasteiger partial charge < -0.3 is 39.1 Å². The first-order valence-corrected chi connectivity index (χ1v) is 26.2. The number of amides is 2. The molecule has 0 atom stereocenters. The van der Waals surface area contributed by atoms with Crippen LogP contribution in [0.1, 0.15) is 227 Å². The maximum absolute atomic E-state index is 13.3. The number of hydrogen-bond acceptors (Lipinski definition) is 8. The lowest BCUT2D eigenvalue weighted by atomic mass is 10.1. The minimum atomic E-state index is 0.174. The lowest BCUT2D eigenvalue weighted by Gasteiger charge is -2.25. The van der Waals surface area contributed by atoms with Crippen LogP contribution < -0.4 is 5.32 Å². The molecule has 0 radical (unpaired) electrons. The monoisotopic (exact) mass is 883 g/mol. The lowest BCUT2D eigenvalue weighted by molar-refractivity contribution is -0.131. The zero-order valence-electron chi connectivity index (χ0n) is 42.2. The average molecular weight is 883 g/mol. The Labute approximate surface area is 385 Å². The van der Waals surface area contributed by atoms with Gasteiger partial charge in [0.1, 0.15) is 12.6 Å². The van der Waals surface area contributed by atoms with Crippen molar-refractivity contribution in [2.24, 2.45) is 0 Å². The molecule has 0 aromatic heterocycles. The van der Waals surface area contributed by atoms with Crippen molar-refractivity contribution in [3.63, 3.8) is 0 Å². The number of nitrogens with one attached hydrogen (secondary N) is 1. The summed E-state index contributed by atoms with van der Waals surface area (Å²) in [6.45, 7) is 18.5. The highest BCUT2D eigenvalue weighted by Crippen LogP contribution is 2.12. The van der Waals surface area contributed by atoms with E-state index in [9.17, 15) is 19.2 Å². The van der Waals surface area contributed by atoms with E-state index in [2.05, 4.69) is 42.8 Å². The summed E-state index contributed by atoms with van der Waals surface area (Å²) in [7, 11) is 3.49. The summed E-state index contributed by atoms with van der Waals surface area (Å²) >= 11 is 0. The van der Waals surface area contributed by atoms with Gasteiger partial charge in [-0.25, -0.2) is 0 Å². The lowest BCUT2D eigenvalue weighted by Crippen LogP contribution is -2.38. The van der Waals surface area contributed by atoms with E-state index in [0.717, 1.165) is 110 Å². The Hall–Kier alpha value is -1.88. The van der Waals surface area contributed by atoms with Crippen LogP contribution in [-0.4, -0.2) is 126 Å². The summed E-state index contributed by atoms with van der Waals surface area (Å²) in [5.74, 6) is 0.174. The summed E-state index contributed by atoms with van der Waals surface area (Å²) in [5.41, 5.74) is 0. The van der Waals surface area contributed by atoms with Gasteiger partial charge in [0, 0.05) is 66.3 Å². The highest BCUT2D eigenvalue weighted by molar-refractivity contribution is 5.76. The summed E-state index contributed by atoms with van der Waals surface area (Å²) in [6, 6.07) is 0. The molecule has 10 heteroatoms. The number of aldehydes is 2. The molecular weight excluding hydrogens is 777 g/mol. The van der Waals surface area contributed by atoms with Crippen LogP contribution in [0.5, 0.6) is 0 Å². The van der Waals surface area contributed by atoms with E-state index in [1.807, 2.05) is 4.90 Å². The van der Waals surface area contributed by atoms with Gasteiger partial charge in [0.2, 0.25) is 12.3 Å². The topological polar surface area (TPSA) is 108 Å². The highest BCUT2D eigenvalue weighted by Gasteiger charge is 2.14. The molecule has 0 fully saturated rings. The Kier molecular flexibility index (Phi) is 61.4. The zero-order valence-corrected chi connectivity index (χ0v) is 42.2. The third kappa shape index (κ3) is 54.3. The molecule has 0 saturated carbocycles. The molecule has 0 bridgehead atoms. The van der Waals surface area contributed by atoms with Gasteiger partial charge in [0.15, 0.2) is 0 Å². The maximum Gasteiger partial charge on any atom is 0.222 e. The van der Waals surface area contributed by atoms with Gasteiger partial charge in [-0.05, 0) is 97.1 Å². The van der Waals surface area contributed by atoms with Crippen LogP contribution in [0.4, 0.5) is 0 Å². The molecule has 0 aliphatic heterocycles. The minimum Gasteiger partial charge on any atom is -0.385 e. The molecule has 62 heavy (non-hydrogen) atoms. The fraction of sp³-hybridized carbons (Fsp3) is 0.923. The van der Waals surface area contributed by atoms with Gasteiger partial charge in [0.25, 0.3) is 0 Å². The Balaban J connectivity index is -0.00000211. The fourth-order valence-electron chi connectivity index (χ4n) is 7.45. The Morgan fingerprint density at radius 1 is 0.419 bits per heavy atom. The highest BCUT2D eigenvalue weighted by atomic mass is 16.5. The van der Waals surface area contributed by atoms with E-state index in [-0.39, 0.29) is 5.91 Å². The Morgan fingerprint density at radius 3 is 1.15 bits per heavy atom. The molecule has 0 unspecified atom stereocenters. The first kappa shape index (κ1) is 64.4. The largest absolute Gasteiger partial charge is 0.385 e. The van der Waals surface area contributed by atoms with Crippen molar-refractivity contribution in [2.75, 3.05) is 86.3 Å². The predicted octanol–water partition coefficient (Wildman–Crippen LogP) is 12.0. The van der Waals surface area contributed by atoms with E-state index in [0.29, 0.717) is 38.8 Å². The van der Waals surface area contributed by atoms with Crippen molar-refractivity contribution in [1.82, 2.24) is 20.0 Å². The molecule has 0 heterocycles. The molecule has 0 saturated heterocycles. The number of rotatable bonds is 48. The molecule has 0 aromatic carbocycles. The molecule has 0 rings (SSSR count). The van der Waals surface area contributed by atoms with Crippen LogP contribution in [0, 0.1) is 0 Å². The van der Waals surface area contributed by atoms with Crippen LogP contribution in [0.2, 0.25) is 0 Å². The van der Waals surface area contributed by atoms with Crippen LogP contribution in [-0.2, 0) is 28.7 Å². The summed E-state index contributed by atoms with van der Waals surface area (Å²) < 4.78 is 9.69. The van der Waals surface area contributed by atoms with Gasteiger partial charge in [-0.2, -0.15) is 0 Å². The van der Waals surface area contributed by atoms with E-state index in [4.69, 9.17) is 9.47 Å². The average Bonchev–Trinajstić information content (AvgIpc) is 3.28. The number of methoxy groups -OCH3 is 2. The molecule has 2 amide bonds. The van der Waals surface area contributed by atoms with Crippen LogP contribution >= 0.6 is 0 Å². The summed E-state index contributed by atoms with van der Waals surface area (Å²) in [4.78, 5) is 52.8. The van der Waals surface area contributed by atoms with Gasteiger partial charge in [-0.3, -0.25) is 9.59 Å². The molecular formula is C52H106N4O6. The van der Waals surface area contributed by atoms with Crippen molar-refractivity contribution in [3.8, 4) is 0 Å². The summed E-state index contributed by atoms with van der Waals surface area (Å²) in [5, 5.41) is 2.72. The molecule has 0 aliphatic carbocycles. The third-order valence-corrected chi connectivity index (χ3v) is 11.4. The molecule has 0 spiro atoms. The van der Waals surface area contributed by atoms with E-state index in [1.165, 1.54) is 141 Å². The first-order chi connectivity index (χ1) is 30.4. The standard InChI is InChI=1S/C40H78N4O4.2C6H14O/c1-3-5-7-9-11-13-15-18-29-42(32-22-24-37-45)31-20-17-21-35-44(36-28-41-39-47)40(48)27-26-34-43(33-23-25-38-46)30-19-16-14-12-10-8-6-4-2;2*1-3-4-5-6-7-2/h37-39H,3-36H2,1-2H3,(H,41,47);2*3-6H2,1-2H3.